The van der Waals surface area contributed by atoms with Crippen molar-refractivity contribution in [1.82, 2.24) is 15.1 Å². The second kappa shape index (κ2) is 5.90. The van der Waals surface area contributed by atoms with Crippen LogP contribution in [0.25, 0.3) is 11.4 Å². The standard InChI is InChI=1S/C10H4Cl3F3N4O2/c1-2(21)17-8-5(12)4(11)3(6(13)18-8)7-19-9(22-20-7)10(14,15)16/h1H3,(H,17,18,21). The number of halogens is 6. The van der Waals surface area contributed by atoms with E-state index in [1.54, 1.807) is 0 Å². The number of nitrogens with zero attached hydrogens (tertiary/aromatic N) is 3. The number of alkyl halides is 3. The molecular formula is C10H4Cl3F3N4O2. The molecule has 118 valence electrons. The number of rotatable bonds is 2. The summed E-state index contributed by atoms with van der Waals surface area (Å²) in [6, 6.07) is 0. The molecule has 0 aliphatic heterocycles. The van der Waals surface area contributed by atoms with Gasteiger partial charge in [0.2, 0.25) is 11.7 Å². The maximum Gasteiger partial charge on any atom is 0.471 e. The first kappa shape index (κ1) is 16.8. The Morgan fingerprint density at radius 1 is 1.18 bits per heavy atom. The smallest absolute Gasteiger partial charge is 0.329 e. The number of pyridine rings is 1. The van der Waals surface area contributed by atoms with Crippen LogP contribution in [0, 0.1) is 0 Å². The van der Waals surface area contributed by atoms with Gasteiger partial charge in [-0.2, -0.15) is 18.2 Å². The lowest BCUT2D eigenvalue weighted by molar-refractivity contribution is -0.159. The Hall–Kier alpha value is -1.58. The summed E-state index contributed by atoms with van der Waals surface area (Å²) >= 11 is 17.7. The van der Waals surface area contributed by atoms with Gasteiger partial charge < -0.3 is 9.84 Å². The topological polar surface area (TPSA) is 80.9 Å². The van der Waals surface area contributed by atoms with E-state index in [-0.39, 0.29) is 26.6 Å². The lowest BCUT2D eigenvalue weighted by Gasteiger charge is -2.09. The van der Waals surface area contributed by atoms with Gasteiger partial charge in [-0.3, -0.25) is 4.79 Å². The van der Waals surface area contributed by atoms with Crippen LogP contribution in [0.3, 0.4) is 0 Å². The molecule has 6 nitrogen and oxygen atoms in total. The first-order chi connectivity index (χ1) is 10.1. The largest absolute Gasteiger partial charge is 0.471 e. The zero-order chi connectivity index (χ0) is 16.7. The van der Waals surface area contributed by atoms with E-state index in [0.717, 1.165) is 0 Å². The number of hydrogen-bond acceptors (Lipinski definition) is 5. The molecule has 2 heterocycles. The number of nitrogens with one attached hydrogen (secondary N) is 1. The second-order valence-corrected chi connectivity index (χ2v) is 4.97. The molecule has 1 N–H and O–H groups in total. The molecule has 0 radical (unpaired) electrons. The highest BCUT2D eigenvalue weighted by Crippen LogP contribution is 2.41. The predicted octanol–water partition coefficient (Wildman–Crippen LogP) is 4.07. The highest BCUT2D eigenvalue weighted by atomic mass is 35.5. The quantitative estimate of drug-likeness (QED) is 0.800. The van der Waals surface area contributed by atoms with Crippen LogP contribution in [0.4, 0.5) is 19.0 Å². The van der Waals surface area contributed by atoms with Crippen LogP contribution in [0.15, 0.2) is 4.52 Å². The van der Waals surface area contributed by atoms with E-state index in [9.17, 15) is 18.0 Å². The first-order valence-electron chi connectivity index (χ1n) is 5.34. The van der Waals surface area contributed by atoms with E-state index in [1.165, 1.54) is 6.92 Å². The fourth-order valence-electron chi connectivity index (χ4n) is 1.39. The van der Waals surface area contributed by atoms with Crippen molar-refractivity contribution in [3.63, 3.8) is 0 Å². The molecule has 0 fully saturated rings. The van der Waals surface area contributed by atoms with Crippen LogP contribution in [0.2, 0.25) is 15.2 Å². The highest BCUT2D eigenvalue weighted by molar-refractivity contribution is 6.47. The number of anilines is 1. The van der Waals surface area contributed by atoms with Crippen molar-refractivity contribution in [2.24, 2.45) is 0 Å². The number of amides is 1. The second-order valence-electron chi connectivity index (χ2n) is 3.86. The van der Waals surface area contributed by atoms with Gasteiger partial charge in [0.25, 0.3) is 0 Å². The minimum absolute atomic E-state index is 0.146. The molecule has 0 spiro atoms. The van der Waals surface area contributed by atoms with Crippen molar-refractivity contribution < 1.29 is 22.5 Å². The maximum atomic E-state index is 12.5. The van der Waals surface area contributed by atoms with E-state index in [2.05, 4.69) is 25.0 Å². The normalized spacial score (nSPS) is 11.6. The number of hydrogen-bond donors (Lipinski definition) is 1. The third-order valence-electron chi connectivity index (χ3n) is 2.22. The molecule has 1 amide bonds. The lowest BCUT2D eigenvalue weighted by Crippen LogP contribution is -2.09. The zero-order valence-electron chi connectivity index (χ0n) is 10.4. The van der Waals surface area contributed by atoms with Crippen LogP contribution < -0.4 is 5.32 Å². The predicted molar refractivity (Wildman–Crippen MR) is 71.9 cm³/mol. The molecular weight excluding hydrogens is 371 g/mol. The lowest BCUT2D eigenvalue weighted by atomic mass is 10.2. The van der Waals surface area contributed by atoms with Crippen LogP contribution in [0.5, 0.6) is 0 Å². The van der Waals surface area contributed by atoms with Gasteiger partial charge in [0.1, 0.15) is 10.2 Å². The third kappa shape index (κ3) is 3.26. The summed E-state index contributed by atoms with van der Waals surface area (Å²) in [4.78, 5) is 17.9. The van der Waals surface area contributed by atoms with Crippen molar-refractivity contribution in [3.8, 4) is 11.4 Å². The summed E-state index contributed by atoms with van der Waals surface area (Å²) < 4.78 is 41.4. The summed E-state index contributed by atoms with van der Waals surface area (Å²) in [5.41, 5.74) is -0.248. The van der Waals surface area contributed by atoms with Gasteiger partial charge in [-0.25, -0.2) is 4.98 Å². The molecule has 2 aromatic heterocycles. The van der Waals surface area contributed by atoms with Gasteiger partial charge in [-0.05, 0) is 0 Å². The van der Waals surface area contributed by atoms with E-state index >= 15 is 0 Å². The molecule has 0 atom stereocenters. The monoisotopic (exact) mass is 374 g/mol. The van der Waals surface area contributed by atoms with Crippen LogP contribution in [-0.4, -0.2) is 21.0 Å². The third-order valence-corrected chi connectivity index (χ3v) is 3.34. The molecule has 0 unspecified atom stereocenters. The van der Waals surface area contributed by atoms with E-state index in [1.807, 2.05) is 0 Å². The zero-order valence-corrected chi connectivity index (χ0v) is 12.7. The molecule has 0 bridgehead atoms. The van der Waals surface area contributed by atoms with Crippen molar-refractivity contribution in [3.05, 3.63) is 21.1 Å². The van der Waals surface area contributed by atoms with Gasteiger partial charge in [-0.15, -0.1) is 0 Å². The fourth-order valence-corrected chi connectivity index (χ4v) is 2.15. The molecule has 0 aliphatic rings. The van der Waals surface area contributed by atoms with Crippen molar-refractivity contribution in [2.75, 3.05) is 5.32 Å². The van der Waals surface area contributed by atoms with Gasteiger partial charge in [0.05, 0.1) is 10.6 Å². The molecule has 2 rings (SSSR count). The summed E-state index contributed by atoms with van der Waals surface area (Å²) in [5.74, 6) is -2.75. The van der Waals surface area contributed by atoms with Crippen LogP contribution >= 0.6 is 34.8 Å². The molecule has 0 saturated heterocycles. The summed E-state index contributed by atoms with van der Waals surface area (Å²) in [6.07, 6.45) is -4.82. The Balaban J connectivity index is 2.55. The molecule has 22 heavy (non-hydrogen) atoms. The Kier molecular flexibility index (Phi) is 4.50. The SMILES string of the molecule is CC(=O)Nc1nc(Cl)c(-c2noc(C(F)(F)F)n2)c(Cl)c1Cl. The minimum atomic E-state index is -4.82. The summed E-state index contributed by atoms with van der Waals surface area (Å²) in [7, 11) is 0. The molecule has 2 aromatic rings. The number of carbonyl (C=O) groups excluding carboxylic acids is 1. The molecule has 0 aromatic carbocycles. The average molecular weight is 376 g/mol. The summed E-state index contributed by atoms with van der Waals surface area (Å²) in [5, 5.41) is 4.55. The number of aromatic nitrogens is 3. The van der Waals surface area contributed by atoms with Crippen molar-refractivity contribution >= 4 is 46.5 Å². The Morgan fingerprint density at radius 3 is 2.32 bits per heavy atom. The Bertz CT molecular complexity index is 748. The molecule has 12 heteroatoms. The molecule has 0 saturated carbocycles. The maximum absolute atomic E-state index is 12.5. The van der Waals surface area contributed by atoms with Crippen LogP contribution in [-0.2, 0) is 11.0 Å². The van der Waals surface area contributed by atoms with Crippen molar-refractivity contribution in [2.45, 2.75) is 13.1 Å². The Labute approximate surface area is 135 Å². The van der Waals surface area contributed by atoms with E-state index in [0.29, 0.717) is 0 Å². The Morgan fingerprint density at radius 2 is 1.82 bits per heavy atom. The average Bonchev–Trinajstić information content (AvgIpc) is 2.84. The molecule has 0 aliphatic carbocycles. The van der Waals surface area contributed by atoms with E-state index in [4.69, 9.17) is 34.8 Å². The summed E-state index contributed by atoms with van der Waals surface area (Å²) in [6.45, 7) is 1.20. The van der Waals surface area contributed by atoms with Crippen molar-refractivity contribution in [1.29, 1.82) is 0 Å². The fraction of sp³-hybridized carbons (Fsp3) is 0.200. The van der Waals surface area contributed by atoms with E-state index < -0.39 is 23.8 Å². The van der Waals surface area contributed by atoms with Gasteiger partial charge >= 0.3 is 12.1 Å². The first-order valence-corrected chi connectivity index (χ1v) is 6.48. The number of carbonyl (C=O) groups is 1. The van der Waals surface area contributed by atoms with Gasteiger partial charge in [0, 0.05) is 6.92 Å². The van der Waals surface area contributed by atoms with Gasteiger partial charge in [-0.1, -0.05) is 40.0 Å². The van der Waals surface area contributed by atoms with Gasteiger partial charge in [0.15, 0.2) is 5.82 Å². The van der Waals surface area contributed by atoms with Crippen LogP contribution in [0.1, 0.15) is 12.8 Å². The highest BCUT2D eigenvalue weighted by Gasteiger charge is 2.39. The minimum Gasteiger partial charge on any atom is -0.329 e.